The summed E-state index contributed by atoms with van der Waals surface area (Å²) >= 11 is 1.71. The fourth-order valence-corrected chi connectivity index (χ4v) is 6.22. The van der Waals surface area contributed by atoms with Gasteiger partial charge < -0.3 is 24.4 Å². The van der Waals surface area contributed by atoms with Crippen LogP contribution in [0.25, 0.3) is 0 Å². The highest BCUT2D eigenvalue weighted by Gasteiger charge is 2.50. The van der Waals surface area contributed by atoms with Crippen molar-refractivity contribution < 1.29 is 37.0 Å². The molecule has 0 bridgehead atoms. The molecular formula is C30H37F3N4O5S. The molecule has 234 valence electrons. The van der Waals surface area contributed by atoms with Gasteiger partial charge in [0.1, 0.15) is 11.8 Å². The molecule has 0 aromatic heterocycles. The highest BCUT2D eigenvalue weighted by atomic mass is 32.2. The zero-order valence-electron chi connectivity index (χ0n) is 24.6. The number of alkyl carbamates (subject to hydrolysis) is 1. The molecule has 1 aliphatic carbocycles. The van der Waals surface area contributed by atoms with E-state index in [0.717, 1.165) is 39.2 Å². The lowest BCUT2D eigenvalue weighted by Crippen LogP contribution is -2.64. The van der Waals surface area contributed by atoms with Gasteiger partial charge in [0.2, 0.25) is 6.79 Å². The number of carbonyl (C=O) groups is 2. The Bertz CT molecular complexity index is 1300. The number of allylic oxidation sites excluding steroid dienone is 6. The molecule has 4 rings (SSSR count). The SMILES string of the molecule is C/C=C\C1=C(C)CSC2=C(C=CC=CC2)C1N1CN([C@H](C)C(F)(F)F)C(=O)C2=C(OCOC(=O)NCCOC)CC=CN21. The second kappa shape index (κ2) is 14.4. The lowest BCUT2D eigenvalue weighted by Gasteiger charge is -2.50. The monoisotopic (exact) mass is 622 g/mol. The van der Waals surface area contributed by atoms with Crippen LogP contribution in [0.4, 0.5) is 18.0 Å². The molecule has 13 heteroatoms. The zero-order valence-corrected chi connectivity index (χ0v) is 25.5. The van der Waals surface area contributed by atoms with Gasteiger partial charge >= 0.3 is 12.3 Å². The molecule has 4 aliphatic rings. The predicted molar refractivity (Wildman–Crippen MR) is 158 cm³/mol. The van der Waals surface area contributed by atoms with E-state index in [1.54, 1.807) is 34.1 Å². The molecule has 1 fully saturated rings. The van der Waals surface area contributed by atoms with Crippen LogP contribution < -0.4 is 5.32 Å². The second-order valence-corrected chi connectivity index (χ2v) is 11.3. The Hall–Kier alpha value is -3.42. The number of amides is 2. The fraction of sp³-hybridized carbons (Fsp3) is 0.467. The van der Waals surface area contributed by atoms with E-state index in [2.05, 4.69) is 11.4 Å². The average Bonchev–Trinajstić information content (AvgIpc) is 3.27. The van der Waals surface area contributed by atoms with Gasteiger partial charge in [-0.25, -0.2) is 4.79 Å². The number of fused-ring (bicyclic) bond motifs is 1. The summed E-state index contributed by atoms with van der Waals surface area (Å²) in [6.07, 6.45) is 10.7. The number of hydrogen-bond acceptors (Lipinski definition) is 8. The third-order valence-corrected chi connectivity index (χ3v) is 8.69. The number of hydrazine groups is 1. The second-order valence-electron chi connectivity index (χ2n) is 10.2. The largest absolute Gasteiger partial charge is 0.459 e. The molecule has 0 radical (unpaired) electrons. The molecule has 0 saturated carbocycles. The molecule has 2 atom stereocenters. The van der Waals surface area contributed by atoms with E-state index in [0.29, 0.717) is 6.42 Å². The van der Waals surface area contributed by atoms with Crippen LogP contribution in [0.1, 0.15) is 33.6 Å². The number of thioether (sulfide) groups is 1. The molecule has 0 spiro atoms. The molecule has 1 saturated heterocycles. The maximum absolute atomic E-state index is 14.2. The van der Waals surface area contributed by atoms with Crippen LogP contribution in [-0.4, -0.2) is 84.7 Å². The summed E-state index contributed by atoms with van der Waals surface area (Å²) in [6, 6.07) is -2.57. The summed E-state index contributed by atoms with van der Waals surface area (Å²) in [7, 11) is 1.49. The number of methoxy groups -OCH3 is 1. The first kappa shape index (κ1) is 32.5. The van der Waals surface area contributed by atoms with Crippen molar-refractivity contribution >= 4 is 23.8 Å². The molecule has 1 unspecified atom stereocenters. The van der Waals surface area contributed by atoms with E-state index >= 15 is 0 Å². The maximum Gasteiger partial charge on any atom is 0.410 e. The molecule has 43 heavy (non-hydrogen) atoms. The minimum Gasteiger partial charge on any atom is -0.459 e. The Labute approximate surface area is 254 Å². The first-order valence-corrected chi connectivity index (χ1v) is 14.9. The highest BCUT2D eigenvalue weighted by Crippen LogP contribution is 2.42. The average molecular weight is 623 g/mol. The third-order valence-electron chi connectivity index (χ3n) is 7.36. The smallest absolute Gasteiger partial charge is 0.410 e. The lowest BCUT2D eigenvalue weighted by atomic mass is 9.92. The summed E-state index contributed by atoms with van der Waals surface area (Å²) in [4.78, 5) is 27.7. The van der Waals surface area contributed by atoms with Crippen molar-refractivity contribution in [1.82, 2.24) is 20.2 Å². The number of halogens is 3. The van der Waals surface area contributed by atoms with Crippen molar-refractivity contribution in [3.63, 3.8) is 0 Å². The van der Waals surface area contributed by atoms with E-state index < -0.39 is 37.1 Å². The van der Waals surface area contributed by atoms with Crippen LogP contribution in [0, 0.1) is 0 Å². The van der Waals surface area contributed by atoms with E-state index in [9.17, 15) is 22.8 Å². The highest BCUT2D eigenvalue weighted by molar-refractivity contribution is 8.03. The van der Waals surface area contributed by atoms with Crippen LogP contribution in [-0.2, 0) is 19.0 Å². The van der Waals surface area contributed by atoms with Crippen molar-refractivity contribution in [1.29, 1.82) is 0 Å². The van der Waals surface area contributed by atoms with Crippen molar-refractivity contribution in [2.75, 3.05) is 39.5 Å². The first-order chi connectivity index (χ1) is 20.6. The molecule has 3 aliphatic heterocycles. The fourth-order valence-electron chi connectivity index (χ4n) is 5.11. The Kier molecular flexibility index (Phi) is 10.9. The Morgan fingerprint density at radius 3 is 2.77 bits per heavy atom. The Balaban J connectivity index is 1.78. The first-order valence-electron chi connectivity index (χ1n) is 14.0. The van der Waals surface area contributed by atoms with Crippen LogP contribution >= 0.6 is 11.8 Å². The van der Waals surface area contributed by atoms with Gasteiger partial charge in [0.25, 0.3) is 5.91 Å². The third kappa shape index (κ3) is 7.39. The number of carbonyl (C=O) groups excluding carboxylic acids is 2. The molecule has 2 amide bonds. The topological polar surface area (TPSA) is 83.6 Å². The number of rotatable bonds is 9. The summed E-state index contributed by atoms with van der Waals surface area (Å²) in [5.41, 5.74) is 2.92. The molecule has 0 aromatic rings. The van der Waals surface area contributed by atoms with Gasteiger partial charge in [0.15, 0.2) is 5.70 Å². The van der Waals surface area contributed by atoms with Gasteiger partial charge in [0.05, 0.1) is 19.3 Å². The number of nitrogens with zero attached hydrogens (tertiary/aromatic N) is 3. The summed E-state index contributed by atoms with van der Waals surface area (Å²) < 4.78 is 58.2. The van der Waals surface area contributed by atoms with Crippen LogP contribution in [0.3, 0.4) is 0 Å². The normalized spacial score (nSPS) is 22.1. The van der Waals surface area contributed by atoms with Crippen molar-refractivity contribution in [3.05, 3.63) is 81.8 Å². The summed E-state index contributed by atoms with van der Waals surface area (Å²) in [5.74, 6) is 0.00126. The predicted octanol–water partition coefficient (Wildman–Crippen LogP) is 5.51. The molecule has 9 nitrogen and oxygen atoms in total. The zero-order chi connectivity index (χ0) is 31.1. The van der Waals surface area contributed by atoms with Gasteiger partial charge in [-0.2, -0.15) is 18.2 Å². The van der Waals surface area contributed by atoms with Crippen LogP contribution in [0.2, 0.25) is 0 Å². The quantitative estimate of drug-likeness (QED) is 0.266. The van der Waals surface area contributed by atoms with Gasteiger partial charge in [-0.3, -0.25) is 9.80 Å². The number of nitrogens with one attached hydrogen (secondary N) is 1. The minimum atomic E-state index is -4.66. The molecule has 3 heterocycles. The molecule has 0 aromatic carbocycles. The minimum absolute atomic E-state index is 0.0551. The Morgan fingerprint density at radius 1 is 1.26 bits per heavy atom. The molecular weight excluding hydrogens is 585 g/mol. The van der Waals surface area contributed by atoms with Crippen molar-refractivity contribution in [2.24, 2.45) is 0 Å². The lowest BCUT2D eigenvalue weighted by molar-refractivity contribution is -0.203. The van der Waals surface area contributed by atoms with Gasteiger partial charge in [-0.05, 0) is 43.2 Å². The van der Waals surface area contributed by atoms with Crippen LogP contribution in [0.15, 0.2) is 81.8 Å². The van der Waals surface area contributed by atoms with Gasteiger partial charge in [-0.15, -0.1) is 11.8 Å². The Morgan fingerprint density at radius 2 is 2.05 bits per heavy atom. The van der Waals surface area contributed by atoms with E-state index in [-0.39, 0.29) is 37.7 Å². The summed E-state index contributed by atoms with van der Waals surface area (Å²) in [6.45, 7) is 4.56. The van der Waals surface area contributed by atoms with Crippen molar-refractivity contribution in [3.8, 4) is 0 Å². The summed E-state index contributed by atoms with van der Waals surface area (Å²) in [5, 5.41) is 5.86. The van der Waals surface area contributed by atoms with Gasteiger partial charge in [-0.1, -0.05) is 48.1 Å². The number of alkyl halides is 3. The van der Waals surface area contributed by atoms with E-state index in [1.165, 1.54) is 7.11 Å². The van der Waals surface area contributed by atoms with E-state index in [4.69, 9.17) is 14.2 Å². The van der Waals surface area contributed by atoms with Gasteiger partial charge in [0, 0.05) is 32.0 Å². The van der Waals surface area contributed by atoms with Crippen LogP contribution in [0.5, 0.6) is 0 Å². The van der Waals surface area contributed by atoms with E-state index in [1.807, 2.05) is 44.2 Å². The number of ether oxygens (including phenoxy) is 3. The standard InChI is InChI=1S/C30H37F3N4O5S/c1-5-10-22-20(2)17-43-25-13-8-6-7-11-23(25)26(22)37-18-35(21(3)30(31,32)33)28(38)27-24(12-9-15-36(27)37)41-19-42-29(39)34-14-16-40-4/h5-11,15,21,26H,12-14,16-19H2,1-4H3,(H,34,39)/b10-5-/t21-,26?/m1/s1. The maximum atomic E-state index is 14.2. The molecule has 1 N–H and O–H groups in total. The van der Waals surface area contributed by atoms with Crippen molar-refractivity contribution in [2.45, 2.75) is 51.9 Å². The number of hydrogen-bond donors (Lipinski definition) is 1.